The van der Waals surface area contributed by atoms with E-state index in [-0.39, 0.29) is 0 Å². The summed E-state index contributed by atoms with van der Waals surface area (Å²) < 4.78 is 1.17. The van der Waals surface area contributed by atoms with Gasteiger partial charge < -0.3 is 15.1 Å². The van der Waals surface area contributed by atoms with E-state index in [0.29, 0.717) is 12.1 Å². The van der Waals surface area contributed by atoms with E-state index in [1.165, 1.54) is 36.1 Å². The molecule has 1 aliphatic heterocycles. The summed E-state index contributed by atoms with van der Waals surface area (Å²) in [5.74, 6) is 0. The van der Waals surface area contributed by atoms with Crippen LogP contribution in [-0.4, -0.2) is 62.7 Å². The average molecular weight is 340 g/mol. The van der Waals surface area contributed by atoms with E-state index in [4.69, 9.17) is 0 Å². The summed E-state index contributed by atoms with van der Waals surface area (Å²) in [6.45, 7) is 3.53. The molecular weight excluding hydrogens is 314 g/mol. The lowest BCUT2D eigenvalue weighted by molar-refractivity contribution is 0.102. The predicted molar refractivity (Wildman–Crippen MR) is 89.2 cm³/mol. The van der Waals surface area contributed by atoms with Crippen molar-refractivity contribution in [2.45, 2.75) is 24.9 Å². The predicted octanol–water partition coefficient (Wildman–Crippen LogP) is 2.22. The molecule has 112 valence electrons. The van der Waals surface area contributed by atoms with E-state index in [9.17, 15) is 0 Å². The van der Waals surface area contributed by atoms with Crippen molar-refractivity contribution in [1.82, 2.24) is 15.1 Å². The highest BCUT2D eigenvalue weighted by Crippen LogP contribution is 2.17. The molecule has 0 saturated carbocycles. The fourth-order valence-corrected chi connectivity index (χ4v) is 3.38. The summed E-state index contributed by atoms with van der Waals surface area (Å²) in [5.41, 5.74) is 1.39. The molecule has 0 bridgehead atoms. The van der Waals surface area contributed by atoms with E-state index in [1.54, 1.807) is 0 Å². The molecule has 2 unspecified atom stereocenters. The number of rotatable bonds is 5. The van der Waals surface area contributed by atoms with Gasteiger partial charge >= 0.3 is 0 Å². The van der Waals surface area contributed by atoms with Gasteiger partial charge in [-0.25, -0.2) is 0 Å². The van der Waals surface area contributed by atoms with Gasteiger partial charge in [-0.05, 0) is 51.7 Å². The maximum Gasteiger partial charge on any atom is 0.0235 e. The lowest BCUT2D eigenvalue weighted by Gasteiger charge is -2.39. The van der Waals surface area contributed by atoms with Gasteiger partial charge in [0.15, 0.2) is 0 Å². The van der Waals surface area contributed by atoms with Crippen LogP contribution in [0.2, 0.25) is 0 Å². The van der Waals surface area contributed by atoms with Crippen LogP contribution in [-0.2, 0) is 6.42 Å². The number of hydrogen-bond acceptors (Lipinski definition) is 3. The van der Waals surface area contributed by atoms with Crippen molar-refractivity contribution in [3.63, 3.8) is 0 Å². The smallest absolute Gasteiger partial charge is 0.0235 e. The number of halogens is 1. The van der Waals surface area contributed by atoms with Gasteiger partial charge in [0.1, 0.15) is 0 Å². The van der Waals surface area contributed by atoms with Crippen LogP contribution < -0.4 is 5.32 Å². The van der Waals surface area contributed by atoms with Gasteiger partial charge in [-0.2, -0.15) is 0 Å². The van der Waals surface area contributed by atoms with Crippen LogP contribution in [0.3, 0.4) is 0 Å². The molecule has 0 spiro atoms. The molecule has 2 atom stereocenters. The first-order valence-corrected chi connectivity index (χ1v) is 8.18. The molecule has 1 heterocycles. The van der Waals surface area contributed by atoms with Gasteiger partial charge in [-0.3, -0.25) is 0 Å². The number of nitrogens with zero attached hydrogens (tertiary/aromatic N) is 2. The van der Waals surface area contributed by atoms with Crippen LogP contribution >= 0.6 is 15.9 Å². The van der Waals surface area contributed by atoms with Crippen molar-refractivity contribution in [3.8, 4) is 0 Å². The highest BCUT2D eigenvalue weighted by atomic mass is 79.9. The largest absolute Gasteiger partial charge is 0.317 e. The second-order valence-electron chi connectivity index (χ2n) is 5.95. The molecule has 1 saturated heterocycles. The molecule has 1 aromatic rings. The molecule has 0 radical (unpaired) electrons. The molecule has 4 heteroatoms. The van der Waals surface area contributed by atoms with Gasteiger partial charge in [0.25, 0.3) is 0 Å². The van der Waals surface area contributed by atoms with E-state index in [0.717, 1.165) is 6.42 Å². The van der Waals surface area contributed by atoms with Gasteiger partial charge in [0.05, 0.1) is 0 Å². The summed E-state index contributed by atoms with van der Waals surface area (Å²) in [7, 11) is 6.56. The van der Waals surface area contributed by atoms with Crippen LogP contribution in [0.15, 0.2) is 28.7 Å². The van der Waals surface area contributed by atoms with E-state index < -0.39 is 0 Å². The zero-order chi connectivity index (χ0) is 14.5. The number of hydrogen-bond donors (Lipinski definition) is 1. The van der Waals surface area contributed by atoms with E-state index in [2.05, 4.69) is 76.5 Å². The fraction of sp³-hybridized carbons (Fsp3) is 0.625. The number of piperazine rings is 1. The second-order valence-corrected chi connectivity index (χ2v) is 6.87. The standard InChI is InChI=1S/C16H26BrN3/c1-18-15(10-13-5-4-6-14(17)9-13)11-16-12-19(2)7-8-20(16)3/h4-6,9,15-16,18H,7-8,10-12H2,1-3H3. The Kier molecular flexibility index (Phi) is 6.02. The molecule has 0 aliphatic carbocycles. The third-order valence-electron chi connectivity index (χ3n) is 4.32. The lowest BCUT2D eigenvalue weighted by Crippen LogP contribution is -2.52. The Morgan fingerprint density at radius 3 is 2.85 bits per heavy atom. The average Bonchev–Trinajstić information content (AvgIpc) is 2.42. The summed E-state index contributed by atoms with van der Waals surface area (Å²) >= 11 is 3.55. The molecular formula is C16H26BrN3. The highest BCUT2D eigenvalue weighted by Gasteiger charge is 2.24. The first-order valence-electron chi connectivity index (χ1n) is 7.39. The van der Waals surface area contributed by atoms with Crippen molar-refractivity contribution in [2.75, 3.05) is 40.8 Å². The third kappa shape index (κ3) is 4.55. The monoisotopic (exact) mass is 339 g/mol. The van der Waals surface area contributed by atoms with Crippen molar-refractivity contribution in [2.24, 2.45) is 0 Å². The minimum atomic E-state index is 0.531. The molecule has 0 amide bonds. The quantitative estimate of drug-likeness (QED) is 0.887. The van der Waals surface area contributed by atoms with Crippen molar-refractivity contribution in [1.29, 1.82) is 0 Å². The van der Waals surface area contributed by atoms with Crippen LogP contribution in [0.5, 0.6) is 0 Å². The zero-order valence-electron chi connectivity index (χ0n) is 12.8. The van der Waals surface area contributed by atoms with Crippen LogP contribution in [0, 0.1) is 0 Å². The number of benzene rings is 1. The van der Waals surface area contributed by atoms with Crippen LogP contribution in [0.1, 0.15) is 12.0 Å². The Morgan fingerprint density at radius 2 is 2.15 bits per heavy atom. The van der Waals surface area contributed by atoms with Gasteiger partial charge in [-0.1, -0.05) is 28.1 Å². The molecule has 1 fully saturated rings. The fourth-order valence-electron chi connectivity index (χ4n) is 2.94. The molecule has 3 nitrogen and oxygen atoms in total. The van der Waals surface area contributed by atoms with Crippen molar-refractivity contribution in [3.05, 3.63) is 34.3 Å². The third-order valence-corrected chi connectivity index (χ3v) is 4.81. The number of likely N-dealkylation sites (N-methyl/N-ethyl adjacent to an activating group) is 3. The highest BCUT2D eigenvalue weighted by molar-refractivity contribution is 9.10. The Balaban J connectivity index is 1.94. The topological polar surface area (TPSA) is 18.5 Å². The Morgan fingerprint density at radius 1 is 1.35 bits per heavy atom. The minimum Gasteiger partial charge on any atom is -0.317 e. The van der Waals surface area contributed by atoms with Crippen molar-refractivity contribution >= 4 is 15.9 Å². The first kappa shape index (κ1) is 16.0. The summed E-state index contributed by atoms with van der Waals surface area (Å²) in [6.07, 6.45) is 2.29. The Hall–Kier alpha value is -0.420. The van der Waals surface area contributed by atoms with Crippen LogP contribution in [0.4, 0.5) is 0 Å². The summed E-state index contributed by atoms with van der Waals surface area (Å²) in [4.78, 5) is 4.95. The Bertz CT molecular complexity index is 424. The molecule has 1 aromatic carbocycles. The van der Waals surface area contributed by atoms with Crippen molar-refractivity contribution < 1.29 is 0 Å². The van der Waals surface area contributed by atoms with Gasteiger partial charge in [-0.15, -0.1) is 0 Å². The Labute approximate surface area is 131 Å². The molecule has 1 N–H and O–H groups in total. The van der Waals surface area contributed by atoms with E-state index >= 15 is 0 Å². The maximum absolute atomic E-state index is 3.55. The molecule has 1 aliphatic rings. The number of nitrogens with one attached hydrogen (secondary N) is 1. The first-order chi connectivity index (χ1) is 9.58. The van der Waals surface area contributed by atoms with Gasteiger partial charge in [0, 0.05) is 36.2 Å². The normalized spacial score (nSPS) is 22.9. The summed E-state index contributed by atoms with van der Waals surface area (Å²) in [6, 6.07) is 9.82. The van der Waals surface area contributed by atoms with E-state index in [1.807, 2.05) is 0 Å². The molecule has 20 heavy (non-hydrogen) atoms. The minimum absolute atomic E-state index is 0.531. The van der Waals surface area contributed by atoms with Gasteiger partial charge in [0.2, 0.25) is 0 Å². The second kappa shape index (κ2) is 7.55. The zero-order valence-corrected chi connectivity index (χ0v) is 14.4. The molecule has 0 aromatic heterocycles. The maximum atomic E-state index is 3.55. The summed E-state index contributed by atoms with van der Waals surface area (Å²) in [5, 5.41) is 3.49. The SMILES string of the molecule is CNC(Cc1cccc(Br)c1)CC1CN(C)CCN1C. The van der Waals surface area contributed by atoms with Crippen LogP contribution in [0.25, 0.3) is 0 Å². The lowest BCUT2D eigenvalue weighted by atomic mass is 9.97. The molecule has 2 rings (SSSR count).